The number of hydrogen-bond donors (Lipinski definition) is 0. The second-order valence-electron chi connectivity index (χ2n) is 5.13. The monoisotopic (exact) mass is 388 g/mol. The molecule has 0 saturated carbocycles. The van der Waals surface area contributed by atoms with Crippen LogP contribution in [-0.2, 0) is 4.74 Å². The van der Waals surface area contributed by atoms with Crippen LogP contribution in [0.3, 0.4) is 0 Å². The standard InChI is InChI=1S/C17H24OS2Se/c1-3-15-13-16(12-14(2)18-15)19-10-7-11-20-21-17-8-5-4-6-9-17/h4-6,8-9,12,14-15H,3,7,10-11,13H2,1-2H3/t14?,15-/m1/s1. The summed E-state index contributed by atoms with van der Waals surface area (Å²) >= 11 is 2.62. The van der Waals surface area contributed by atoms with Crippen molar-refractivity contribution in [3.05, 3.63) is 41.3 Å². The Labute approximate surface area is 142 Å². The third kappa shape index (κ3) is 6.83. The normalized spacial score (nSPS) is 22.1. The van der Waals surface area contributed by atoms with E-state index in [4.69, 9.17) is 4.74 Å². The van der Waals surface area contributed by atoms with E-state index in [-0.39, 0.29) is 0 Å². The van der Waals surface area contributed by atoms with Crippen LogP contribution in [0.5, 0.6) is 0 Å². The van der Waals surface area contributed by atoms with Gasteiger partial charge in [0.2, 0.25) is 0 Å². The number of ether oxygens (including phenoxy) is 1. The van der Waals surface area contributed by atoms with Crippen LogP contribution in [0.1, 0.15) is 33.1 Å². The Morgan fingerprint density at radius 3 is 2.81 bits per heavy atom. The molecule has 4 heteroatoms. The van der Waals surface area contributed by atoms with E-state index in [9.17, 15) is 0 Å². The summed E-state index contributed by atoms with van der Waals surface area (Å²) in [5.41, 5.74) is 0. The second-order valence-corrected chi connectivity index (χ2v) is 10.7. The van der Waals surface area contributed by atoms with Crippen molar-refractivity contribution in [2.24, 2.45) is 0 Å². The van der Waals surface area contributed by atoms with Crippen LogP contribution < -0.4 is 4.46 Å². The number of benzene rings is 1. The molecule has 0 aromatic heterocycles. The third-order valence-electron chi connectivity index (χ3n) is 3.27. The predicted octanol–water partition coefficient (Wildman–Crippen LogP) is 4.26. The van der Waals surface area contributed by atoms with Crippen molar-refractivity contribution >= 4 is 40.2 Å². The van der Waals surface area contributed by atoms with Gasteiger partial charge in [-0.25, -0.2) is 0 Å². The van der Waals surface area contributed by atoms with Crippen LogP contribution in [0.4, 0.5) is 0 Å². The SMILES string of the molecule is CC[C@@H]1CC(SCCCS[Se]c2ccccc2)=CC(C)O1. The summed E-state index contributed by atoms with van der Waals surface area (Å²) in [5, 5.41) is 0. The maximum absolute atomic E-state index is 5.87. The van der Waals surface area contributed by atoms with E-state index in [0.717, 1.165) is 12.8 Å². The zero-order chi connectivity index (χ0) is 14.9. The van der Waals surface area contributed by atoms with Crippen LogP contribution in [-0.4, -0.2) is 37.5 Å². The first-order valence-electron chi connectivity index (χ1n) is 7.61. The minimum absolute atomic E-state index is 0.294. The summed E-state index contributed by atoms with van der Waals surface area (Å²) in [5.74, 6) is 2.52. The van der Waals surface area contributed by atoms with E-state index in [1.54, 1.807) is 4.91 Å². The topological polar surface area (TPSA) is 9.23 Å². The summed E-state index contributed by atoms with van der Waals surface area (Å²) in [7, 11) is 2.10. The predicted molar refractivity (Wildman–Crippen MR) is 98.7 cm³/mol. The van der Waals surface area contributed by atoms with Crippen LogP contribution >= 0.6 is 21.9 Å². The molecule has 2 atom stereocenters. The number of rotatable bonds is 8. The maximum atomic E-state index is 5.87. The third-order valence-corrected chi connectivity index (χ3v) is 8.77. The summed E-state index contributed by atoms with van der Waals surface area (Å²) in [6.07, 6.45) is 6.57. The molecule has 0 spiro atoms. The van der Waals surface area contributed by atoms with E-state index in [1.807, 2.05) is 11.8 Å². The van der Waals surface area contributed by atoms with Gasteiger partial charge < -0.3 is 0 Å². The quantitative estimate of drug-likeness (QED) is 0.487. The van der Waals surface area contributed by atoms with Crippen molar-refractivity contribution in [3.8, 4) is 0 Å². The van der Waals surface area contributed by atoms with Crippen molar-refractivity contribution in [2.75, 3.05) is 11.5 Å². The van der Waals surface area contributed by atoms with E-state index >= 15 is 0 Å². The van der Waals surface area contributed by atoms with Crippen LogP contribution in [0.25, 0.3) is 0 Å². The number of thioether (sulfide) groups is 1. The summed E-state index contributed by atoms with van der Waals surface area (Å²) in [6.45, 7) is 4.37. The Kier molecular flexibility index (Phi) is 8.34. The van der Waals surface area contributed by atoms with Gasteiger partial charge in [-0.05, 0) is 0 Å². The fraction of sp³-hybridized carbons (Fsp3) is 0.529. The van der Waals surface area contributed by atoms with Crippen LogP contribution in [0.15, 0.2) is 41.3 Å². The van der Waals surface area contributed by atoms with Crippen molar-refractivity contribution in [1.82, 2.24) is 0 Å². The first-order chi connectivity index (χ1) is 10.3. The van der Waals surface area contributed by atoms with Crippen LogP contribution in [0, 0.1) is 0 Å². The Morgan fingerprint density at radius 2 is 2.05 bits per heavy atom. The average molecular weight is 387 g/mol. The first kappa shape index (κ1) is 17.5. The Balaban J connectivity index is 1.57. The molecule has 1 heterocycles. The van der Waals surface area contributed by atoms with E-state index in [2.05, 4.69) is 60.4 Å². The van der Waals surface area contributed by atoms with Gasteiger partial charge >= 0.3 is 143 Å². The number of hydrogen-bond acceptors (Lipinski definition) is 3. The zero-order valence-corrected chi connectivity index (χ0v) is 16.1. The molecule has 1 unspecified atom stereocenters. The molecule has 0 amide bonds. The summed E-state index contributed by atoms with van der Waals surface area (Å²) in [6, 6.07) is 10.8. The van der Waals surface area contributed by atoms with Gasteiger partial charge in [0.25, 0.3) is 0 Å². The van der Waals surface area contributed by atoms with Gasteiger partial charge in [-0.15, -0.1) is 0 Å². The van der Waals surface area contributed by atoms with Gasteiger partial charge in [-0.3, -0.25) is 0 Å². The summed E-state index contributed by atoms with van der Waals surface area (Å²) in [4.78, 5) is 1.54. The van der Waals surface area contributed by atoms with E-state index in [1.165, 1.54) is 22.4 Å². The van der Waals surface area contributed by atoms with E-state index < -0.39 is 0 Å². The van der Waals surface area contributed by atoms with Gasteiger partial charge in [-0.1, -0.05) is 0 Å². The Morgan fingerprint density at radius 1 is 1.24 bits per heavy atom. The molecular weight excluding hydrogens is 363 g/mol. The van der Waals surface area contributed by atoms with Crippen molar-refractivity contribution < 1.29 is 4.74 Å². The molecule has 21 heavy (non-hydrogen) atoms. The molecule has 0 radical (unpaired) electrons. The zero-order valence-electron chi connectivity index (χ0n) is 12.8. The molecule has 1 nitrogen and oxygen atoms in total. The van der Waals surface area contributed by atoms with Crippen molar-refractivity contribution in [1.29, 1.82) is 0 Å². The van der Waals surface area contributed by atoms with Crippen molar-refractivity contribution in [3.63, 3.8) is 0 Å². The fourth-order valence-electron chi connectivity index (χ4n) is 2.20. The summed E-state index contributed by atoms with van der Waals surface area (Å²) < 4.78 is 7.36. The molecule has 116 valence electrons. The molecule has 0 bridgehead atoms. The average Bonchev–Trinajstić information content (AvgIpc) is 2.51. The van der Waals surface area contributed by atoms with E-state index in [0.29, 0.717) is 26.0 Å². The van der Waals surface area contributed by atoms with Gasteiger partial charge in [0.1, 0.15) is 0 Å². The minimum atomic E-state index is 0.294. The molecule has 1 aliphatic rings. The molecule has 0 N–H and O–H groups in total. The molecule has 1 aromatic carbocycles. The molecule has 0 fully saturated rings. The van der Waals surface area contributed by atoms with Gasteiger partial charge in [0.15, 0.2) is 0 Å². The van der Waals surface area contributed by atoms with Crippen LogP contribution in [0.2, 0.25) is 0 Å². The Hall–Kier alpha value is 0.139. The van der Waals surface area contributed by atoms with Gasteiger partial charge in [-0.2, -0.15) is 0 Å². The van der Waals surface area contributed by atoms with Crippen molar-refractivity contribution in [2.45, 2.75) is 45.3 Å². The molecular formula is C17H24OS2Se. The molecule has 0 saturated heterocycles. The second kappa shape index (κ2) is 10.0. The molecule has 2 rings (SSSR count). The molecule has 1 aromatic rings. The Bertz CT molecular complexity index is 436. The molecule has 1 aliphatic heterocycles. The fourth-order valence-corrected chi connectivity index (χ4v) is 7.27. The first-order valence-corrected chi connectivity index (χ1v) is 12.5. The molecule has 0 aliphatic carbocycles. The van der Waals surface area contributed by atoms with Gasteiger partial charge in [0, 0.05) is 0 Å². The van der Waals surface area contributed by atoms with Gasteiger partial charge in [0.05, 0.1) is 0 Å².